The molecule has 1 aliphatic rings. The molecule has 3 rings (SSSR count). The van der Waals surface area contributed by atoms with E-state index in [1.54, 1.807) is 0 Å². The lowest BCUT2D eigenvalue weighted by Crippen LogP contribution is -2.03. The van der Waals surface area contributed by atoms with Gasteiger partial charge in [-0.15, -0.1) is 11.3 Å². The molecule has 0 unspecified atom stereocenters. The second-order valence-corrected chi connectivity index (χ2v) is 6.89. The van der Waals surface area contributed by atoms with E-state index < -0.39 is 0 Å². The third-order valence-corrected chi connectivity index (χ3v) is 5.04. The molecule has 0 radical (unpaired) electrons. The fourth-order valence-corrected chi connectivity index (χ4v) is 3.75. The number of rotatable bonds is 1. The highest BCUT2D eigenvalue weighted by molar-refractivity contribution is 7.17. The molecular weight excluding hydrogens is 328 g/mol. The first kappa shape index (κ1) is 15.3. The summed E-state index contributed by atoms with van der Waals surface area (Å²) in [5.74, 6) is 0.157. The molecule has 2 N–H and O–H groups in total. The van der Waals surface area contributed by atoms with Gasteiger partial charge in [-0.3, -0.25) is 0 Å². The predicted molar refractivity (Wildman–Crippen MR) is 93.5 cm³/mol. The maximum Gasteiger partial charge on any atom is 0.142 e. The van der Waals surface area contributed by atoms with Crippen LogP contribution < -0.4 is 5.73 Å². The van der Waals surface area contributed by atoms with Gasteiger partial charge < -0.3 is 5.73 Å². The van der Waals surface area contributed by atoms with Crippen LogP contribution in [-0.2, 0) is 0 Å². The second kappa shape index (κ2) is 5.55. The van der Waals surface area contributed by atoms with Gasteiger partial charge in [0.05, 0.1) is 21.2 Å². The van der Waals surface area contributed by atoms with E-state index >= 15 is 0 Å². The van der Waals surface area contributed by atoms with Crippen LogP contribution in [0.3, 0.4) is 0 Å². The lowest BCUT2D eigenvalue weighted by Gasteiger charge is -2.10. The molecule has 0 saturated carbocycles. The summed E-state index contributed by atoms with van der Waals surface area (Å²) in [5.41, 5.74) is 10.5. The zero-order valence-corrected chi connectivity index (χ0v) is 14.0. The van der Waals surface area contributed by atoms with Crippen LogP contribution >= 0.6 is 22.9 Å². The molecule has 2 heterocycles. The number of nitrogen functional groups attached to an aromatic ring is 1. The van der Waals surface area contributed by atoms with Gasteiger partial charge in [-0.25, -0.2) is 4.98 Å². The maximum atomic E-state index is 9.48. The van der Waals surface area contributed by atoms with Gasteiger partial charge in [-0.2, -0.15) is 10.5 Å². The standard InChI is InChI=1S/C17H11ClN4S/c1-8-11(5-10-3-4-14(18)23-10)15-9(2)13(7-20)17(21)22-16(15)12(8)6-19/h3-5H,1-2H3,(H2,21,22). The third-order valence-electron chi connectivity index (χ3n) is 3.86. The van der Waals surface area contributed by atoms with E-state index in [0.29, 0.717) is 21.2 Å². The Morgan fingerprint density at radius 3 is 2.57 bits per heavy atom. The Kier molecular flexibility index (Phi) is 3.69. The van der Waals surface area contributed by atoms with E-state index in [-0.39, 0.29) is 5.82 Å². The number of hydrogen-bond donors (Lipinski definition) is 1. The van der Waals surface area contributed by atoms with Gasteiger partial charge in [0, 0.05) is 10.4 Å². The summed E-state index contributed by atoms with van der Waals surface area (Å²) in [6, 6.07) is 8.04. The normalized spacial score (nSPS) is 14.7. The fraction of sp³-hybridized carbons (Fsp3) is 0.118. The maximum absolute atomic E-state index is 9.48. The van der Waals surface area contributed by atoms with Gasteiger partial charge >= 0.3 is 0 Å². The molecule has 0 fully saturated rings. The van der Waals surface area contributed by atoms with Crippen molar-refractivity contribution in [3.63, 3.8) is 0 Å². The average molecular weight is 339 g/mol. The molecule has 112 valence electrons. The number of hydrogen-bond acceptors (Lipinski definition) is 5. The summed E-state index contributed by atoms with van der Waals surface area (Å²) in [4.78, 5) is 5.27. The minimum Gasteiger partial charge on any atom is -0.383 e. The van der Waals surface area contributed by atoms with Gasteiger partial charge in [0.25, 0.3) is 0 Å². The van der Waals surface area contributed by atoms with Crippen molar-refractivity contribution in [1.82, 2.24) is 4.98 Å². The number of halogens is 1. The molecule has 0 bridgehead atoms. The highest BCUT2D eigenvalue weighted by Crippen LogP contribution is 2.44. The Balaban J connectivity index is 2.34. The van der Waals surface area contributed by atoms with Crippen LogP contribution in [0.4, 0.5) is 5.82 Å². The average Bonchev–Trinajstić information content (AvgIpc) is 3.02. The first-order valence-corrected chi connectivity index (χ1v) is 7.96. The molecule has 4 nitrogen and oxygen atoms in total. The molecule has 2 aromatic heterocycles. The first-order chi connectivity index (χ1) is 11.0. The van der Waals surface area contributed by atoms with E-state index in [1.807, 2.05) is 32.1 Å². The van der Waals surface area contributed by atoms with Crippen molar-refractivity contribution in [3.8, 4) is 12.1 Å². The van der Waals surface area contributed by atoms with Gasteiger partial charge in [-0.05, 0) is 48.8 Å². The summed E-state index contributed by atoms with van der Waals surface area (Å²) in [7, 11) is 0. The molecule has 0 spiro atoms. The summed E-state index contributed by atoms with van der Waals surface area (Å²) >= 11 is 7.44. The molecule has 0 atom stereocenters. The summed E-state index contributed by atoms with van der Waals surface area (Å²) < 4.78 is 0.696. The smallest absolute Gasteiger partial charge is 0.142 e. The lowest BCUT2D eigenvalue weighted by molar-refractivity contribution is 1.22. The zero-order chi connectivity index (χ0) is 16.7. The minimum absolute atomic E-state index is 0.157. The van der Waals surface area contributed by atoms with Crippen molar-refractivity contribution in [1.29, 1.82) is 10.5 Å². The first-order valence-electron chi connectivity index (χ1n) is 6.77. The van der Waals surface area contributed by atoms with Gasteiger partial charge in [0.2, 0.25) is 0 Å². The Labute approximate surface area is 142 Å². The van der Waals surface area contributed by atoms with Crippen molar-refractivity contribution in [3.05, 3.63) is 49.3 Å². The van der Waals surface area contributed by atoms with Crippen LogP contribution in [0.15, 0.2) is 17.7 Å². The quantitative estimate of drug-likeness (QED) is 0.834. The molecule has 1 aliphatic carbocycles. The Bertz CT molecular complexity index is 983. The fourth-order valence-electron chi connectivity index (χ4n) is 2.74. The summed E-state index contributed by atoms with van der Waals surface area (Å²) in [6.45, 7) is 3.71. The summed E-state index contributed by atoms with van der Waals surface area (Å²) in [6.07, 6.45) is 1.97. The predicted octanol–water partition coefficient (Wildman–Crippen LogP) is 4.41. The summed E-state index contributed by atoms with van der Waals surface area (Å²) in [5, 5.41) is 18.8. The highest BCUT2D eigenvalue weighted by Gasteiger charge is 2.29. The Morgan fingerprint density at radius 1 is 1.26 bits per heavy atom. The SMILES string of the molecule is CC1=C(C#N)c2nc(N)c(C#N)c(C)c2C1=Cc1ccc(Cl)s1. The van der Waals surface area contributed by atoms with Gasteiger partial charge in [0.1, 0.15) is 18.0 Å². The number of nitrogens with two attached hydrogens (primary N) is 1. The van der Waals surface area contributed by atoms with Crippen LogP contribution in [0.2, 0.25) is 4.34 Å². The van der Waals surface area contributed by atoms with Crippen molar-refractivity contribution in [2.24, 2.45) is 0 Å². The molecule has 0 aromatic carbocycles. The van der Waals surface area contributed by atoms with Crippen LogP contribution in [0.25, 0.3) is 17.2 Å². The van der Waals surface area contributed by atoms with E-state index in [4.69, 9.17) is 17.3 Å². The number of anilines is 1. The molecule has 2 aromatic rings. The minimum atomic E-state index is 0.157. The topological polar surface area (TPSA) is 86.5 Å². The molecule has 0 aliphatic heterocycles. The van der Waals surface area contributed by atoms with Gasteiger partial charge in [-0.1, -0.05) is 11.6 Å². The Hall–Kier alpha value is -2.60. The van der Waals surface area contributed by atoms with Gasteiger partial charge in [0.15, 0.2) is 0 Å². The van der Waals surface area contributed by atoms with Crippen LogP contribution in [0.1, 0.15) is 34.2 Å². The van der Waals surface area contributed by atoms with E-state index in [9.17, 15) is 10.5 Å². The number of fused-ring (bicyclic) bond motifs is 1. The number of thiophene rings is 1. The largest absolute Gasteiger partial charge is 0.383 e. The van der Waals surface area contributed by atoms with Crippen molar-refractivity contribution >= 4 is 46.0 Å². The van der Waals surface area contributed by atoms with E-state index in [0.717, 1.165) is 27.2 Å². The lowest BCUT2D eigenvalue weighted by atomic mass is 9.97. The van der Waals surface area contributed by atoms with Crippen molar-refractivity contribution in [2.75, 3.05) is 5.73 Å². The number of pyridine rings is 1. The van der Waals surface area contributed by atoms with Crippen LogP contribution in [0.5, 0.6) is 0 Å². The molecule has 0 saturated heterocycles. The molecular formula is C17H11ClN4S. The Morgan fingerprint density at radius 2 is 2.00 bits per heavy atom. The van der Waals surface area contributed by atoms with Crippen LogP contribution in [0, 0.1) is 29.6 Å². The number of nitriles is 2. The number of nitrogens with zero attached hydrogens (tertiary/aromatic N) is 3. The van der Waals surface area contributed by atoms with Crippen LogP contribution in [-0.4, -0.2) is 4.98 Å². The van der Waals surface area contributed by atoms with Crippen molar-refractivity contribution in [2.45, 2.75) is 13.8 Å². The zero-order valence-electron chi connectivity index (χ0n) is 12.4. The van der Waals surface area contributed by atoms with E-state index in [2.05, 4.69) is 17.1 Å². The number of aromatic nitrogens is 1. The number of allylic oxidation sites excluding steroid dienone is 3. The molecule has 6 heteroatoms. The van der Waals surface area contributed by atoms with Crippen molar-refractivity contribution < 1.29 is 0 Å². The molecule has 0 amide bonds. The van der Waals surface area contributed by atoms with E-state index in [1.165, 1.54) is 11.3 Å². The monoisotopic (exact) mass is 338 g/mol. The molecule has 23 heavy (non-hydrogen) atoms. The second-order valence-electron chi connectivity index (χ2n) is 5.14. The highest BCUT2D eigenvalue weighted by atomic mass is 35.5. The third kappa shape index (κ3) is 2.31.